The second-order valence-corrected chi connectivity index (χ2v) is 5.90. The van der Waals surface area contributed by atoms with E-state index in [2.05, 4.69) is 10.6 Å². The SMILES string of the molecule is Cc1ccc([N+](=O)[O-])cc1NC(=O)CN[C@H](C)c1cccc(Cl)c1. The summed E-state index contributed by atoms with van der Waals surface area (Å²) in [6.45, 7) is 3.79. The molecule has 0 spiro atoms. The number of amides is 1. The Bertz CT molecular complexity index is 764. The van der Waals surface area contributed by atoms with Crippen molar-refractivity contribution in [3.05, 3.63) is 68.7 Å². The van der Waals surface area contributed by atoms with E-state index in [4.69, 9.17) is 11.6 Å². The molecule has 24 heavy (non-hydrogen) atoms. The van der Waals surface area contributed by atoms with Crippen LogP contribution in [0.25, 0.3) is 0 Å². The summed E-state index contributed by atoms with van der Waals surface area (Å²) in [6, 6.07) is 11.7. The van der Waals surface area contributed by atoms with Crippen LogP contribution < -0.4 is 10.6 Å². The van der Waals surface area contributed by atoms with Gasteiger partial charge in [0.1, 0.15) is 0 Å². The first kappa shape index (κ1) is 17.9. The molecule has 2 N–H and O–H groups in total. The maximum Gasteiger partial charge on any atom is 0.271 e. The summed E-state index contributed by atoms with van der Waals surface area (Å²) in [4.78, 5) is 22.4. The minimum atomic E-state index is -0.492. The summed E-state index contributed by atoms with van der Waals surface area (Å²) in [7, 11) is 0. The summed E-state index contributed by atoms with van der Waals surface area (Å²) in [5.41, 5.74) is 2.11. The van der Waals surface area contributed by atoms with Crippen LogP contribution in [-0.2, 0) is 4.79 Å². The fourth-order valence-corrected chi connectivity index (χ4v) is 2.39. The molecular weight excluding hydrogens is 330 g/mol. The zero-order chi connectivity index (χ0) is 17.7. The van der Waals surface area contributed by atoms with E-state index in [1.54, 1.807) is 19.1 Å². The third kappa shape index (κ3) is 4.78. The van der Waals surface area contributed by atoms with Crippen LogP contribution >= 0.6 is 11.6 Å². The number of benzene rings is 2. The minimum absolute atomic E-state index is 0.0549. The Morgan fingerprint density at radius 3 is 2.71 bits per heavy atom. The molecule has 2 aromatic rings. The predicted octanol–water partition coefficient (Wildman–Crippen LogP) is 3.85. The van der Waals surface area contributed by atoms with Gasteiger partial charge in [0, 0.05) is 23.2 Å². The van der Waals surface area contributed by atoms with Gasteiger partial charge < -0.3 is 10.6 Å². The summed E-state index contributed by atoms with van der Waals surface area (Å²) in [5.74, 6) is -0.271. The Hall–Kier alpha value is -2.44. The fraction of sp³-hybridized carbons (Fsp3) is 0.235. The maximum atomic E-state index is 12.1. The summed E-state index contributed by atoms with van der Waals surface area (Å²) in [5, 5.41) is 17.2. The van der Waals surface area contributed by atoms with Crippen LogP contribution in [0.1, 0.15) is 24.1 Å². The molecule has 0 aliphatic heterocycles. The first-order chi connectivity index (χ1) is 11.4. The smallest absolute Gasteiger partial charge is 0.271 e. The van der Waals surface area contributed by atoms with Gasteiger partial charge in [-0.05, 0) is 37.1 Å². The Kier molecular flexibility index (Phi) is 5.89. The van der Waals surface area contributed by atoms with Crippen molar-refractivity contribution in [1.29, 1.82) is 0 Å². The minimum Gasteiger partial charge on any atom is -0.324 e. The van der Waals surface area contributed by atoms with Gasteiger partial charge in [0.2, 0.25) is 5.91 Å². The maximum absolute atomic E-state index is 12.1. The van der Waals surface area contributed by atoms with Crippen LogP contribution in [0.5, 0.6) is 0 Å². The normalized spacial score (nSPS) is 11.8. The third-order valence-corrected chi connectivity index (χ3v) is 3.86. The topological polar surface area (TPSA) is 84.3 Å². The highest BCUT2D eigenvalue weighted by Gasteiger charge is 2.12. The van der Waals surface area contributed by atoms with Crippen molar-refractivity contribution in [2.45, 2.75) is 19.9 Å². The Balaban J connectivity index is 1.96. The molecule has 0 aromatic heterocycles. The first-order valence-electron chi connectivity index (χ1n) is 7.40. The zero-order valence-electron chi connectivity index (χ0n) is 13.4. The van der Waals surface area contributed by atoms with Crippen LogP contribution in [0.2, 0.25) is 5.02 Å². The van der Waals surface area contributed by atoms with Crippen molar-refractivity contribution in [3.63, 3.8) is 0 Å². The summed E-state index contributed by atoms with van der Waals surface area (Å²) < 4.78 is 0. The predicted molar refractivity (Wildman–Crippen MR) is 94.3 cm³/mol. The lowest BCUT2D eigenvalue weighted by molar-refractivity contribution is -0.384. The molecule has 126 valence electrons. The molecule has 1 amide bonds. The molecule has 0 aliphatic rings. The number of carbonyl (C=O) groups is 1. The van der Waals surface area contributed by atoms with Gasteiger partial charge >= 0.3 is 0 Å². The number of hydrogen-bond donors (Lipinski definition) is 2. The number of non-ortho nitro benzene ring substituents is 1. The van der Waals surface area contributed by atoms with E-state index in [0.29, 0.717) is 10.7 Å². The van der Waals surface area contributed by atoms with E-state index < -0.39 is 4.92 Å². The van der Waals surface area contributed by atoms with E-state index in [-0.39, 0.29) is 24.2 Å². The van der Waals surface area contributed by atoms with Crippen LogP contribution in [0.3, 0.4) is 0 Å². The van der Waals surface area contributed by atoms with Gasteiger partial charge in [-0.3, -0.25) is 14.9 Å². The second-order valence-electron chi connectivity index (χ2n) is 5.46. The lowest BCUT2D eigenvalue weighted by atomic mass is 10.1. The van der Waals surface area contributed by atoms with Crippen LogP contribution in [0, 0.1) is 17.0 Å². The van der Waals surface area contributed by atoms with Gasteiger partial charge in [-0.1, -0.05) is 29.8 Å². The number of anilines is 1. The molecule has 2 aromatic carbocycles. The number of carbonyl (C=O) groups excluding carboxylic acids is 1. The number of halogens is 1. The molecule has 0 aliphatic carbocycles. The number of rotatable bonds is 6. The molecule has 0 fully saturated rings. The van der Waals surface area contributed by atoms with Gasteiger partial charge in [-0.2, -0.15) is 0 Å². The average molecular weight is 348 g/mol. The van der Waals surface area contributed by atoms with Gasteiger partial charge in [0.05, 0.1) is 17.2 Å². The second kappa shape index (κ2) is 7.90. The van der Waals surface area contributed by atoms with E-state index in [0.717, 1.165) is 11.1 Å². The van der Waals surface area contributed by atoms with Crippen LogP contribution in [-0.4, -0.2) is 17.4 Å². The Morgan fingerprint density at radius 1 is 1.29 bits per heavy atom. The fourth-order valence-electron chi connectivity index (χ4n) is 2.19. The number of nitrogens with zero attached hydrogens (tertiary/aromatic N) is 1. The molecule has 7 heteroatoms. The van der Waals surface area contributed by atoms with Gasteiger partial charge in [0.25, 0.3) is 5.69 Å². The lowest BCUT2D eigenvalue weighted by Gasteiger charge is -2.15. The molecule has 0 saturated heterocycles. The van der Waals surface area contributed by atoms with Gasteiger partial charge in [-0.25, -0.2) is 0 Å². The number of nitrogens with one attached hydrogen (secondary N) is 2. The lowest BCUT2D eigenvalue weighted by Crippen LogP contribution is -2.30. The number of nitro benzene ring substituents is 1. The highest BCUT2D eigenvalue weighted by atomic mass is 35.5. The Morgan fingerprint density at radius 2 is 2.04 bits per heavy atom. The van der Waals surface area contributed by atoms with Crippen LogP contribution in [0.15, 0.2) is 42.5 Å². The zero-order valence-corrected chi connectivity index (χ0v) is 14.1. The van der Waals surface area contributed by atoms with Crippen molar-refractivity contribution in [3.8, 4) is 0 Å². The molecule has 0 bridgehead atoms. The van der Waals surface area contributed by atoms with Crippen molar-refractivity contribution in [2.24, 2.45) is 0 Å². The van der Waals surface area contributed by atoms with Gasteiger partial charge in [-0.15, -0.1) is 0 Å². The van der Waals surface area contributed by atoms with Crippen LogP contribution in [0.4, 0.5) is 11.4 Å². The largest absolute Gasteiger partial charge is 0.324 e. The molecular formula is C17H18ClN3O3. The van der Waals surface area contributed by atoms with Gasteiger partial charge in [0.15, 0.2) is 0 Å². The molecule has 2 rings (SSSR count). The molecule has 0 radical (unpaired) electrons. The number of hydrogen-bond acceptors (Lipinski definition) is 4. The summed E-state index contributed by atoms with van der Waals surface area (Å²) >= 11 is 5.95. The first-order valence-corrected chi connectivity index (χ1v) is 7.78. The van der Waals surface area contributed by atoms with E-state index >= 15 is 0 Å². The Labute approximate surface area is 145 Å². The number of aryl methyl sites for hydroxylation is 1. The highest BCUT2D eigenvalue weighted by molar-refractivity contribution is 6.30. The van der Waals surface area contributed by atoms with E-state index in [9.17, 15) is 14.9 Å². The van der Waals surface area contributed by atoms with E-state index in [1.165, 1.54) is 12.1 Å². The molecule has 1 atom stereocenters. The molecule has 0 unspecified atom stereocenters. The third-order valence-electron chi connectivity index (χ3n) is 3.62. The van der Waals surface area contributed by atoms with Crippen molar-refractivity contribution in [1.82, 2.24) is 5.32 Å². The molecule has 0 saturated carbocycles. The van der Waals surface area contributed by atoms with Crippen molar-refractivity contribution in [2.75, 3.05) is 11.9 Å². The quantitative estimate of drug-likeness (QED) is 0.614. The standard InChI is InChI=1S/C17H18ClN3O3/c1-11-6-7-15(21(23)24)9-16(11)20-17(22)10-19-12(2)13-4-3-5-14(18)8-13/h3-9,12,19H,10H2,1-2H3,(H,20,22)/t12-/m1/s1. The molecule has 0 heterocycles. The monoisotopic (exact) mass is 347 g/mol. The summed E-state index contributed by atoms with van der Waals surface area (Å²) in [6.07, 6.45) is 0. The molecule has 6 nitrogen and oxygen atoms in total. The average Bonchev–Trinajstić information content (AvgIpc) is 2.54. The van der Waals surface area contributed by atoms with Crippen molar-refractivity contribution < 1.29 is 9.72 Å². The van der Waals surface area contributed by atoms with E-state index in [1.807, 2.05) is 25.1 Å². The highest BCUT2D eigenvalue weighted by Crippen LogP contribution is 2.22. The number of nitro groups is 1. The van der Waals surface area contributed by atoms with Crippen molar-refractivity contribution >= 4 is 28.9 Å².